The van der Waals surface area contributed by atoms with Gasteiger partial charge in [-0.25, -0.2) is 0 Å². The summed E-state index contributed by atoms with van der Waals surface area (Å²) in [6.07, 6.45) is 1.21. The van der Waals surface area contributed by atoms with Gasteiger partial charge in [-0.05, 0) is 45.3 Å². The third kappa shape index (κ3) is 3.66. The normalized spacial score (nSPS) is 15.0. The van der Waals surface area contributed by atoms with Crippen molar-refractivity contribution in [3.63, 3.8) is 0 Å². The second kappa shape index (κ2) is 7.20. The third-order valence-corrected chi connectivity index (χ3v) is 2.37. The molecule has 0 saturated carbocycles. The van der Waals surface area contributed by atoms with Crippen molar-refractivity contribution < 1.29 is 46.5 Å². The molecule has 0 heterocycles. The van der Waals surface area contributed by atoms with Crippen LogP contribution in [0.25, 0.3) is 0 Å². The van der Waals surface area contributed by atoms with Crippen molar-refractivity contribution in [3.8, 4) is 0 Å². The molecule has 12 heavy (non-hydrogen) atoms. The Bertz CT molecular complexity index is 183. The SMILES string of the molecule is CC1=C(C)C(C)=C(C)C1.[Cl-].[Cl-].[Ti+2]. The molecule has 1 rings (SSSR count). The second-order valence-electron chi connectivity index (χ2n) is 2.99. The molecule has 0 fully saturated rings. The van der Waals surface area contributed by atoms with Gasteiger partial charge in [-0.15, -0.1) is 0 Å². The van der Waals surface area contributed by atoms with Gasteiger partial charge in [-0.3, -0.25) is 0 Å². The molecule has 0 amide bonds. The Kier molecular flexibility index (Phi) is 11.1. The summed E-state index contributed by atoms with van der Waals surface area (Å²) in [5.41, 5.74) is 6.11. The first-order chi connectivity index (χ1) is 4.13. The first-order valence-corrected chi connectivity index (χ1v) is 3.46. The molecule has 0 nitrogen and oxygen atoms in total. The number of hydrogen-bond acceptors (Lipinski definition) is 0. The molecular formula is C9H14Cl2Ti. The minimum absolute atomic E-state index is 0. The molecule has 68 valence electrons. The smallest absolute Gasteiger partial charge is 1.00 e. The molecule has 0 spiro atoms. The molecule has 0 atom stereocenters. The molecule has 0 aliphatic heterocycles. The third-order valence-electron chi connectivity index (χ3n) is 2.37. The zero-order valence-corrected chi connectivity index (χ0v) is 11.0. The molecule has 0 unspecified atom stereocenters. The average molecular weight is 241 g/mol. The maximum absolute atomic E-state index is 2.22. The topological polar surface area (TPSA) is 0 Å². The number of allylic oxidation sites excluding steroid dienone is 4. The molecule has 3 heteroatoms. The Morgan fingerprint density at radius 3 is 1.08 bits per heavy atom. The summed E-state index contributed by atoms with van der Waals surface area (Å²) in [6, 6.07) is 0. The number of hydrogen-bond donors (Lipinski definition) is 0. The Hall–Kier alpha value is 0.774. The van der Waals surface area contributed by atoms with E-state index in [-0.39, 0.29) is 46.5 Å². The molecule has 0 saturated heterocycles. The molecule has 0 aromatic rings. The molecule has 0 radical (unpaired) electrons. The Labute approximate surface area is 103 Å². The van der Waals surface area contributed by atoms with Gasteiger partial charge in [-0.1, -0.05) is 11.1 Å². The van der Waals surface area contributed by atoms with E-state index in [1.54, 1.807) is 11.1 Å². The monoisotopic (exact) mass is 240 g/mol. The Morgan fingerprint density at radius 2 is 1.00 bits per heavy atom. The van der Waals surface area contributed by atoms with Crippen molar-refractivity contribution in [2.24, 2.45) is 0 Å². The van der Waals surface area contributed by atoms with Crippen molar-refractivity contribution in [1.82, 2.24) is 0 Å². The van der Waals surface area contributed by atoms with Crippen molar-refractivity contribution in [3.05, 3.63) is 22.3 Å². The molecule has 0 bridgehead atoms. The minimum Gasteiger partial charge on any atom is -1.00 e. The molecule has 0 aromatic carbocycles. The van der Waals surface area contributed by atoms with E-state index in [1.807, 2.05) is 0 Å². The number of halogens is 2. The fraction of sp³-hybridized carbons (Fsp3) is 0.556. The van der Waals surface area contributed by atoms with Crippen LogP contribution in [0.15, 0.2) is 22.3 Å². The van der Waals surface area contributed by atoms with Crippen LogP contribution in [0.5, 0.6) is 0 Å². The first-order valence-electron chi connectivity index (χ1n) is 3.46. The van der Waals surface area contributed by atoms with E-state index in [0.29, 0.717) is 0 Å². The Morgan fingerprint density at radius 1 is 0.750 bits per heavy atom. The van der Waals surface area contributed by atoms with Crippen LogP contribution in [0.4, 0.5) is 0 Å². The van der Waals surface area contributed by atoms with E-state index in [0.717, 1.165) is 0 Å². The van der Waals surface area contributed by atoms with Crippen LogP contribution in [-0.2, 0) is 21.7 Å². The van der Waals surface area contributed by atoms with Gasteiger partial charge in [0.05, 0.1) is 0 Å². The van der Waals surface area contributed by atoms with Crippen LogP contribution in [0.3, 0.4) is 0 Å². The summed E-state index contributed by atoms with van der Waals surface area (Å²) >= 11 is 0. The summed E-state index contributed by atoms with van der Waals surface area (Å²) in [4.78, 5) is 0. The summed E-state index contributed by atoms with van der Waals surface area (Å²) in [6.45, 7) is 8.85. The quantitative estimate of drug-likeness (QED) is 0.398. The van der Waals surface area contributed by atoms with Gasteiger partial charge in [-0.2, -0.15) is 0 Å². The van der Waals surface area contributed by atoms with Crippen LogP contribution in [0, 0.1) is 0 Å². The molecule has 0 N–H and O–H groups in total. The van der Waals surface area contributed by atoms with Crippen LogP contribution in [0.2, 0.25) is 0 Å². The number of rotatable bonds is 0. The van der Waals surface area contributed by atoms with Crippen molar-refractivity contribution in [2.75, 3.05) is 0 Å². The van der Waals surface area contributed by atoms with E-state index < -0.39 is 0 Å². The summed E-state index contributed by atoms with van der Waals surface area (Å²) in [5.74, 6) is 0. The molecule has 0 aromatic heterocycles. The predicted octanol–water partition coefficient (Wildman–Crippen LogP) is -2.93. The summed E-state index contributed by atoms with van der Waals surface area (Å²) < 4.78 is 0. The van der Waals surface area contributed by atoms with Crippen molar-refractivity contribution >= 4 is 0 Å². The first kappa shape index (κ1) is 18.5. The fourth-order valence-corrected chi connectivity index (χ4v) is 1.30. The summed E-state index contributed by atoms with van der Waals surface area (Å²) in [5, 5.41) is 0. The van der Waals surface area contributed by atoms with Gasteiger partial charge in [0, 0.05) is 0 Å². The van der Waals surface area contributed by atoms with Crippen LogP contribution in [-0.4, -0.2) is 0 Å². The zero-order valence-electron chi connectivity index (χ0n) is 7.96. The molecule has 1 aliphatic rings. The zero-order chi connectivity index (χ0) is 7.02. The van der Waals surface area contributed by atoms with E-state index in [4.69, 9.17) is 0 Å². The largest absolute Gasteiger partial charge is 2.00 e. The van der Waals surface area contributed by atoms with E-state index in [2.05, 4.69) is 27.7 Å². The van der Waals surface area contributed by atoms with Crippen molar-refractivity contribution in [1.29, 1.82) is 0 Å². The Balaban J connectivity index is -0.000000270. The van der Waals surface area contributed by atoms with Crippen LogP contribution < -0.4 is 24.8 Å². The van der Waals surface area contributed by atoms with Crippen LogP contribution in [0.1, 0.15) is 34.1 Å². The standard InChI is InChI=1S/C9H14.2ClH.Ti/c1-6-5-7(2)9(4)8(6)3;;;/h5H2,1-4H3;2*1H;/q;;;+2/p-2. The van der Waals surface area contributed by atoms with Crippen molar-refractivity contribution in [2.45, 2.75) is 34.1 Å². The fourth-order valence-electron chi connectivity index (χ4n) is 1.30. The van der Waals surface area contributed by atoms with Gasteiger partial charge in [0.1, 0.15) is 0 Å². The van der Waals surface area contributed by atoms with E-state index in [9.17, 15) is 0 Å². The van der Waals surface area contributed by atoms with Crippen LogP contribution >= 0.6 is 0 Å². The predicted molar refractivity (Wildman–Crippen MR) is 41.4 cm³/mol. The van der Waals surface area contributed by atoms with Gasteiger partial charge in [0.2, 0.25) is 0 Å². The molecule has 1 aliphatic carbocycles. The summed E-state index contributed by atoms with van der Waals surface area (Å²) in [7, 11) is 0. The second-order valence-corrected chi connectivity index (χ2v) is 2.99. The maximum atomic E-state index is 2.22. The van der Waals surface area contributed by atoms with Gasteiger partial charge in [0.25, 0.3) is 0 Å². The van der Waals surface area contributed by atoms with E-state index >= 15 is 0 Å². The minimum atomic E-state index is 0. The van der Waals surface area contributed by atoms with Gasteiger partial charge in [0.15, 0.2) is 0 Å². The average Bonchev–Trinajstić information content (AvgIpc) is 1.98. The van der Waals surface area contributed by atoms with Gasteiger partial charge < -0.3 is 24.8 Å². The van der Waals surface area contributed by atoms with E-state index in [1.165, 1.54) is 17.6 Å². The molecular weight excluding hydrogens is 227 g/mol. The van der Waals surface area contributed by atoms with Gasteiger partial charge >= 0.3 is 21.7 Å². The maximum Gasteiger partial charge on any atom is 2.00 e.